The quantitative estimate of drug-likeness (QED) is 0.436. The molecule has 2 bridgehead atoms. The van der Waals surface area contributed by atoms with Gasteiger partial charge in [0.2, 0.25) is 0 Å². The van der Waals surface area contributed by atoms with Crippen LogP contribution in [0.4, 0.5) is 36.8 Å². The van der Waals surface area contributed by atoms with E-state index in [0.29, 0.717) is 25.7 Å². The van der Waals surface area contributed by atoms with Gasteiger partial charge in [-0.05, 0) is 55.3 Å². The number of benzene rings is 2. The number of ether oxygens (including phenoxy) is 1. The zero-order valence-corrected chi connectivity index (χ0v) is 19.1. The van der Waals surface area contributed by atoms with Crippen molar-refractivity contribution in [3.63, 3.8) is 0 Å². The van der Waals surface area contributed by atoms with Crippen LogP contribution in [0.2, 0.25) is 0 Å². The Balaban J connectivity index is 1.26. The molecule has 3 aliphatic heterocycles. The zero-order chi connectivity index (χ0) is 26.4. The lowest BCUT2D eigenvalue weighted by Crippen LogP contribution is -2.50. The molecule has 2 fully saturated rings. The Labute approximate surface area is 207 Å². The molecule has 2 aromatic carbocycles. The zero-order valence-electron chi connectivity index (χ0n) is 19.1. The maximum absolute atomic E-state index is 13.8. The number of rotatable bonds is 4. The molecule has 3 aliphatic rings. The van der Waals surface area contributed by atoms with E-state index in [1.807, 2.05) is 0 Å². The molecule has 0 radical (unpaired) electrons. The van der Waals surface area contributed by atoms with Crippen molar-refractivity contribution in [1.82, 2.24) is 21.4 Å². The Kier molecular flexibility index (Phi) is 6.30. The van der Waals surface area contributed by atoms with Gasteiger partial charge >= 0.3 is 18.4 Å². The van der Waals surface area contributed by atoms with Crippen LogP contribution in [0, 0.1) is 0 Å². The molecule has 2 aromatic rings. The largest absolute Gasteiger partial charge is 0.490 e. The molecule has 2 amide bonds. The van der Waals surface area contributed by atoms with Gasteiger partial charge in [0, 0.05) is 36.2 Å². The van der Waals surface area contributed by atoms with Crippen LogP contribution >= 0.6 is 0 Å². The fourth-order valence-electron chi connectivity index (χ4n) is 5.00. The molecule has 5 rings (SSSR count). The second-order valence-corrected chi connectivity index (χ2v) is 9.04. The van der Waals surface area contributed by atoms with Gasteiger partial charge in [-0.2, -0.15) is 26.3 Å². The average molecular weight is 528 g/mol. The van der Waals surface area contributed by atoms with Gasteiger partial charge in [-0.3, -0.25) is 5.43 Å². The third-order valence-electron chi connectivity index (χ3n) is 6.64. The SMILES string of the molecule is O=C(Nc1ccc(C(F)(F)F)cc1)N1[C@@H]2CC[C@H]1CC(Oc1ccc(C3=NNNN3)cc1C(F)(F)F)C2. The summed E-state index contributed by atoms with van der Waals surface area (Å²) in [6.07, 6.45) is -7.71. The summed E-state index contributed by atoms with van der Waals surface area (Å²) < 4.78 is 85.6. The first kappa shape index (κ1) is 25.0. The summed E-state index contributed by atoms with van der Waals surface area (Å²) in [5, 5.41) is 6.44. The highest BCUT2D eigenvalue weighted by Gasteiger charge is 2.45. The highest BCUT2D eigenvalue weighted by Crippen LogP contribution is 2.41. The van der Waals surface area contributed by atoms with Crippen LogP contribution in [0.15, 0.2) is 47.6 Å². The van der Waals surface area contributed by atoms with Crippen LogP contribution in [0.5, 0.6) is 5.75 Å². The Bertz CT molecular complexity index is 1190. The standard InChI is InChI=1S/C23H22F6N6O2/c24-22(25,26)13-2-4-14(5-3-13)30-21(36)35-15-6-7-16(35)11-17(10-15)37-19-8-1-12(20-31-33-34-32-20)9-18(19)23(27,28)29/h1-5,8-9,15-17,33-34H,6-7,10-11H2,(H,30,36)(H,31,32)/t15-,16+,17?. The third-order valence-corrected chi connectivity index (χ3v) is 6.64. The number of hydrogen-bond donors (Lipinski definition) is 4. The fourth-order valence-corrected chi connectivity index (χ4v) is 5.00. The van der Waals surface area contributed by atoms with Crippen molar-refractivity contribution in [3.8, 4) is 5.75 Å². The molecule has 0 aromatic heterocycles. The molecule has 14 heteroatoms. The summed E-state index contributed by atoms with van der Waals surface area (Å²) >= 11 is 0. The minimum absolute atomic E-state index is 0.197. The van der Waals surface area contributed by atoms with Crippen molar-refractivity contribution in [2.75, 3.05) is 5.32 Å². The second kappa shape index (κ2) is 9.32. The summed E-state index contributed by atoms with van der Waals surface area (Å²) in [5.74, 6) is -0.106. The number of anilines is 1. The summed E-state index contributed by atoms with van der Waals surface area (Å²) in [7, 11) is 0. The van der Waals surface area contributed by atoms with Crippen molar-refractivity contribution in [3.05, 3.63) is 59.2 Å². The number of amidine groups is 1. The van der Waals surface area contributed by atoms with Crippen molar-refractivity contribution < 1.29 is 35.9 Å². The van der Waals surface area contributed by atoms with E-state index in [9.17, 15) is 31.1 Å². The first-order valence-corrected chi connectivity index (χ1v) is 11.5. The molecule has 4 N–H and O–H groups in total. The number of nitrogens with zero attached hydrogens (tertiary/aromatic N) is 2. The first-order valence-electron chi connectivity index (χ1n) is 11.5. The monoisotopic (exact) mass is 528 g/mol. The van der Waals surface area contributed by atoms with Crippen LogP contribution in [-0.4, -0.2) is 35.0 Å². The molecular formula is C23H22F6N6O2. The summed E-state index contributed by atoms with van der Waals surface area (Å²) in [5.41, 5.74) is 6.14. The minimum Gasteiger partial charge on any atom is -0.490 e. The lowest BCUT2D eigenvalue weighted by Gasteiger charge is -2.39. The molecule has 2 saturated heterocycles. The Hall–Kier alpha value is -3.68. The van der Waals surface area contributed by atoms with Crippen molar-refractivity contribution in [2.24, 2.45) is 5.10 Å². The van der Waals surface area contributed by atoms with E-state index >= 15 is 0 Å². The molecule has 1 unspecified atom stereocenters. The van der Waals surface area contributed by atoms with Gasteiger partial charge in [-0.25, -0.2) is 10.3 Å². The molecule has 0 saturated carbocycles. The van der Waals surface area contributed by atoms with Gasteiger partial charge in [0.25, 0.3) is 0 Å². The van der Waals surface area contributed by atoms with Crippen LogP contribution < -0.4 is 26.5 Å². The van der Waals surface area contributed by atoms with Crippen molar-refractivity contribution in [1.29, 1.82) is 0 Å². The lowest BCUT2D eigenvalue weighted by molar-refractivity contribution is -0.139. The number of hydrazone groups is 1. The smallest absolute Gasteiger partial charge is 0.419 e. The number of piperidine rings is 1. The Morgan fingerprint density at radius 3 is 2.22 bits per heavy atom. The number of alkyl halides is 6. The number of halogens is 6. The van der Waals surface area contributed by atoms with E-state index in [1.165, 1.54) is 24.3 Å². The molecule has 0 aliphatic carbocycles. The molecule has 3 heterocycles. The average Bonchev–Trinajstić information content (AvgIpc) is 3.45. The lowest BCUT2D eigenvalue weighted by atomic mass is 9.99. The number of hydrogen-bond acceptors (Lipinski definition) is 6. The number of carbonyl (C=O) groups excluding carboxylic acids is 1. The molecular weight excluding hydrogens is 506 g/mol. The van der Waals surface area contributed by atoms with Crippen LogP contribution in [0.3, 0.4) is 0 Å². The normalized spacial score (nSPS) is 23.2. The number of fused-ring (bicyclic) bond motifs is 2. The van der Waals surface area contributed by atoms with Crippen molar-refractivity contribution in [2.45, 2.75) is 56.2 Å². The molecule has 0 spiro atoms. The summed E-state index contributed by atoms with van der Waals surface area (Å²) in [4.78, 5) is 14.5. The fraction of sp³-hybridized carbons (Fsp3) is 0.391. The number of carbonyl (C=O) groups is 1. The number of nitrogens with one attached hydrogen (secondary N) is 4. The predicted molar refractivity (Wildman–Crippen MR) is 120 cm³/mol. The highest BCUT2D eigenvalue weighted by atomic mass is 19.4. The van der Waals surface area contributed by atoms with E-state index in [-0.39, 0.29) is 34.9 Å². The van der Waals surface area contributed by atoms with Crippen LogP contribution in [0.25, 0.3) is 0 Å². The minimum atomic E-state index is -4.66. The number of amides is 2. The predicted octanol–water partition coefficient (Wildman–Crippen LogP) is 4.60. The first-order chi connectivity index (χ1) is 17.5. The highest BCUT2D eigenvalue weighted by molar-refractivity contribution is 5.99. The molecule has 3 atom stereocenters. The second-order valence-electron chi connectivity index (χ2n) is 9.04. The van der Waals surface area contributed by atoms with E-state index in [4.69, 9.17) is 4.74 Å². The summed E-state index contributed by atoms with van der Waals surface area (Å²) in [6.45, 7) is 0. The molecule has 198 valence electrons. The van der Waals surface area contributed by atoms with Crippen LogP contribution in [0.1, 0.15) is 42.4 Å². The van der Waals surface area contributed by atoms with E-state index in [2.05, 4.69) is 26.9 Å². The van der Waals surface area contributed by atoms with Gasteiger partial charge in [0.1, 0.15) is 11.9 Å². The van der Waals surface area contributed by atoms with Gasteiger partial charge in [-0.1, -0.05) is 0 Å². The Morgan fingerprint density at radius 2 is 1.65 bits per heavy atom. The Morgan fingerprint density at radius 1 is 0.973 bits per heavy atom. The maximum atomic E-state index is 13.8. The van der Waals surface area contributed by atoms with E-state index in [0.717, 1.165) is 18.2 Å². The van der Waals surface area contributed by atoms with E-state index in [1.54, 1.807) is 4.90 Å². The molecule has 37 heavy (non-hydrogen) atoms. The maximum Gasteiger partial charge on any atom is 0.419 e. The molecule has 8 nitrogen and oxygen atoms in total. The van der Waals surface area contributed by atoms with Crippen molar-refractivity contribution >= 4 is 17.6 Å². The third kappa shape index (κ3) is 5.24. The van der Waals surface area contributed by atoms with Gasteiger partial charge in [0.05, 0.1) is 11.1 Å². The number of urea groups is 1. The summed E-state index contributed by atoms with van der Waals surface area (Å²) in [6, 6.07) is 6.82. The van der Waals surface area contributed by atoms with Gasteiger partial charge in [-0.15, -0.1) is 10.6 Å². The number of hydrazine groups is 2. The van der Waals surface area contributed by atoms with Gasteiger partial charge in [0.15, 0.2) is 5.84 Å². The topological polar surface area (TPSA) is 90.0 Å². The van der Waals surface area contributed by atoms with Crippen LogP contribution in [-0.2, 0) is 12.4 Å². The van der Waals surface area contributed by atoms with Gasteiger partial charge < -0.3 is 15.0 Å². The van der Waals surface area contributed by atoms with E-state index < -0.39 is 35.6 Å².